The molecule has 158 valence electrons. The molecule has 0 saturated carbocycles. The molecule has 4 aromatic carbocycles. The van der Waals surface area contributed by atoms with Gasteiger partial charge in [-0.3, -0.25) is 10.1 Å². The molecule has 0 radical (unpaired) electrons. The Morgan fingerprint density at radius 2 is 1.19 bits per heavy atom. The molecule has 0 heterocycles. The third-order valence-corrected chi connectivity index (χ3v) is 9.14. The zero-order valence-electron chi connectivity index (χ0n) is 17.2. The summed E-state index contributed by atoms with van der Waals surface area (Å²) in [6, 6.07) is 34.5. The lowest BCUT2D eigenvalue weighted by Gasteiger charge is -2.24. The molecule has 6 heteroatoms. The number of hydrogen-bond acceptors (Lipinski definition) is 4. The van der Waals surface area contributed by atoms with E-state index in [1.54, 1.807) is 6.20 Å². The minimum absolute atomic E-state index is 0.129. The molecule has 0 aliphatic rings. The molecule has 4 aromatic rings. The highest BCUT2D eigenvalue weighted by Gasteiger charge is 2.43. The summed E-state index contributed by atoms with van der Waals surface area (Å²) in [6.07, 6.45) is 1.74. The van der Waals surface area contributed by atoms with E-state index in [-0.39, 0.29) is 17.1 Å². The van der Waals surface area contributed by atoms with Crippen LogP contribution in [0.25, 0.3) is 0 Å². The van der Waals surface area contributed by atoms with Gasteiger partial charge < -0.3 is 10.4 Å². The summed E-state index contributed by atoms with van der Waals surface area (Å²) < 4.78 is 0. The number of rotatable bonds is 7. The number of non-ortho nitro benzene ring substituents is 1. The molecule has 0 atom stereocenters. The first-order valence-electron chi connectivity index (χ1n) is 10.1. The lowest BCUT2D eigenvalue weighted by atomic mass is 10.2. The smallest absolute Gasteiger partial charge is 0.271 e. The van der Waals surface area contributed by atoms with Gasteiger partial charge in [-0.1, -0.05) is 66.4 Å². The Labute approximate surface area is 187 Å². The summed E-state index contributed by atoms with van der Waals surface area (Å²) in [5.41, 5.74) is 0.0403. The van der Waals surface area contributed by atoms with Crippen LogP contribution in [0.2, 0.25) is 0 Å². The maximum Gasteiger partial charge on any atom is 0.271 e. The second-order valence-corrected chi connectivity index (χ2v) is 10.4. The first-order chi connectivity index (χ1) is 15.6. The third kappa shape index (κ3) is 4.25. The number of hydrogen-bond donors (Lipinski definition) is 1. The maximum atomic E-state index is 12.2. The summed E-state index contributed by atoms with van der Waals surface area (Å²) in [5.74, 6) is 1.80. The fourth-order valence-electron chi connectivity index (χ4n) is 3.68. The number of nitrogens with one attached hydrogen (secondary N) is 1. The maximum absolute atomic E-state index is 12.2. The largest absolute Gasteiger partial charge is 0.871 e. The van der Waals surface area contributed by atoms with E-state index >= 15 is 0 Å². The van der Waals surface area contributed by atoms with E-state index in [9.17, 15) is 15.2 Å². The van der Waals surface area contributed by atoms with Crippen LogP contribution >= 0.6 is 7.26 Å². The SMILES string of the molecule is O=[N+]([O-])c1ccc([O-])c(NC=C[P+](c2ccccc2)(c2ccccc2)c2ccccc2)c1. The fourth-order valence-corrected chi connectivity index (χ4v) is 7.31. The standard InChI is InChI=1S/C26H21N2O3P/c29-26-17-16-21(28(30)31)20-25(26)27-18-19-32(22-10-4-1-5-11-22,23-12-6-2-7-13-23)24-14-8-3-9-15-24/h1-20,27H. The van der Waals surface area contributed by atoms with Crippen LogP contribution in [0.1, 0.15) is 0 Å². The van der Waals surface area contributed by atoms with Crippen LogP contribution in [0.4, 0.5) is 11.4 Å². The zero-order valence-corrected chi connectivity index (χ0v) is 18.1. The molecule has 0 bridgehead atoms. The number of nitro groups is 1. The number of nitro benzene ring substituents is 1. The van der Waals surface area contributed by atoms with Crippen molar-refractivity contribution in [2.24, 2.45) is 0 Å². The molecule has 0 amide bonds. The van der Waals surface area contributed by atoms with E-state index in [1.807, 2.05) is 54.6 Å². The van der Waals surface area contributed by atoms with Crippen molar-refractivity contribution in [3.8, 4) is 5.75 Å². The molecule has 1 N–H and O–H groups in total. The summed E-state index contributed by atoms with van der Waals surface area (Å²) in [4.78, 5) is 10.6. The number of anilines is 1. The Hall–Kier alpha value is -3.95. The van der Waals surface area contributed by atoms with Gasteiger partial charge in [0.05, 0.1) is 10.7 Å². The molecular formula is C26H21N2O3P. The minimum Gasteiger partial charge on any atom is -0.871 e. The van der Waals surface area contributed by atoms with Gasteiger partial charge in [-0.25, -0.2) is 0 Å². The van der Waals surface area contributed by atoms with Gasteiger partial charge in [0.1, 0.15) is 23.2 Å². The highest BCUT2D eigenvalue weighted by Crippen LogP contribution is 2.56. The summed E-state index contributed by atoms with van der Waals surface area (Å²) in [6.45, 7) is 0. The quantitative estimate of drug-likeness (QED) is 0.260. The Balaban J connectivity index is 1.85. The minimum atomic E-state index is -2.22. The van der Waals surface area contributed by atoms with Crippen molar-refractivity contribution in [1.82, 2.24) is 0 Å². The van der Waals surface area contributed by atoms with E-state index in [4.69, 9.17) is 0 Å². The molecule has 0 aliphatic heterocycles. The van der Waals surface area contributed by atoms with Crippen molar-refractivity contribution in [3.63, 3.8) is 0 Å². The van der Waals surface area contributed by atoms with Gasteiger partial charge in [0.25, 0.3) is 5.69 Å². The predicted octanol–water partition coefficient (Wildman–Crippen LogP) is 4.55. The van der Waals surface area contributed by atoms with Crippen LogP contribution in [0, 0.1) is 10.1 Å². The second-order valence-electron chi connectivity index (χ2n) is 7.13. The summed E-state index contributed by atoms with van der Waals surface area (Å²) in [7, 11) is -2.22. The number of benzene rings is 4. The number of nitrogens with zero attached hydrogens (tertiary/aromatic N) is 1. The van der Waals surface area contributed by atoms with E-state index in [0.29, 0.717) is 0 Å². The van der Waals surface area contributed by atoms with Crippen LogP contribution in [0.3, 0.4) is 0 Å². The first kappa shape index (κ1) is 21.3. The lowest BCUT2D eigenvalue weighted by molar-refractivity contribution is -0.385. The Kier molecular flexibility index (Phi) is 6.29. The van der Waals surface area contributed by atoms with Crippen molar-refractivity contribution in [2.45, 2.75) is 0 Å². The van der Waals surface area contributed by atoms with Gasteiger partial charge in [0, 0.05) is 24.0 Å². The summed E-state index contributed by atoms with van der Waals surface area (Å²) >= 11 is 0. The van der Waals surface area contributed by atoms with E-state index in [1.165, 1.54) is 18.2 Å². The Bertz CT molecular complexity index is 1130. The topological polar surface area (TPSA) is 78.2 Å². The molecule has 32 heavy (non-hydrogen) atoms. The van der Waals surface area contributed by atoms with Gasteiger partial charge in [0.2, 0.25) is 0 Å². The predicted molar refractivity (Wildman–Crippen MR) is 130 cm³/mol. The Morgan fingerprint density at radius 1 is 0.719 bits per heavy atom. The monoisotopic (exact) mass is 440 g/mol. The van der Waals surface area contributed by atoms with Crippen molar-refractivity contribution in [2.75, 3.05) is 5.32 Å². The molecule has 0 fully saturated rings. The first-order valence-corrected chi connectivity index (χ1v) is 11.9. The van der Waals surface area contributed by atoms with Gasteiger partial charge >= 0.3 is 0 Å². The van der Waals surface area contributed by atoms with E-state index < -0.39 is 12.2 Å². The highest BCUT2D eigenvalue weighted by atomic mass is 31.2. The van der Waals surface area contributed by atoms with Crippen LogP contribution in [-0.2, 0) is 0 Å². The molecular weight excluding hydrogens is 419 g/mol. The molecule has 0 saturated heterocycles. The van der Waals surface area contributed by atoms with Crippen LogP contribution in [0.5, 0.6) is 5.75 Å². The highest BCUT2D eigenvalue weighted by molar-refractivity contribution is 7.98. The van der Waals surface area contributed by atoms with E-state index in [2.05, 4.69) is 47.5 Å². The van der Waals surface area contributed by atoms with Gasteiger partial charge in [0.15, 0.2) is 0 Å². The third-order valence-electron chi connectivity index (χ3n) is 5.20. The zero-order chi connectivity index (χ0) is 22.4. The molecule has 0 spiro atoms. The summed E-state index contributed by atoms with van der Waals surface area (Å²) in [5, 5.41) is 29.9. The average molecular weight is 440 g/mol. The second kappa shape index (κ2) is 9.46. The molecule has 0 aliphatic carbocycles. The normalized spacial score (nSPS) is 11.4. The van der Waals surface area contributed by atoms with Crippen molar-refractivity contribution in [3.05, 3.63) is 131 Å². The van der Waals surface area contributed by atoms with Crippen LogP contribution in [-0.4, -0.2) is 4.92 Å². The fraction of sp³-hybridized carbons (Fsp3) is 0. The van der Waals surface area contributed by atoms with Gasteiger partial charge in [-0.2, -0.15) is 0 Å². The van der Waals surface area contributed by atoms with E-state index in [0.717, 1.165) is 15.9 Å². The van der Waals surface area contributed by atoms with Crippen LogP contribution < -0.4 is 26.3 Å². The van der Waals surface area contributed by atoms with Crippen molar-refractivity contribution < 1.29 is 10.0 Å². The molecule has 4 rings (SSSR count). The average Bonchev–Trinajstić information content (AvgIpc) is 2.84. The van der Waals surface area contributed by atoms with Crippen molar-refractivity contribution in [1.29, 1.82) is 0 Å². The Morgan fingerprint density at radius 3 is 1.62 bits per heavy atom. The van der Waals surface area contributed by atoms with Gasteiger partial charge in [-0.15, -0.1) is 0 Å². The molecule has 0 aromatic heterocycles. The van der Waals surface area contributed by atoms with Crippen LogP contribution in [0.15, 0.2) is 121 Å². The van der Waals surface area contributed by atoms with Gasteiger partial charge in [-0.05, 0) is 36.4 Å². The lowest BCUT2D eigenvalue weighted by Crippen LogP contribution is -2.29. The van der Waals surface area contributed by atoms with Crippen molar-refractivity contribution >= 4 is 34.6 Å². The molecule has 0 unspecified atom stereocenters. The molecule has 5 nitrogen and oxygen atoms in total.